The third-order valence-corrected chi connectivity index (χ3v) is 2.83. The van der Waals surface area contributed by atoms with Crippen molar-refractivity contribution in [2.75, 3.05) is 13.2 Å². The van der Waals surface area contributed by atoms with E-state index in [9.17, 15) is 9.59 Å². The van der Waals surface area contributed by atoms with Crippen molar-refractivity contribution in [1.82, 2.24) is 4.90 Å². The van der Waals surface area contributed by atoms with Gasteiger partial charge in [-0.05, 0) is 32.6 Å². The zero-order valence-electron chi connectivity index (χ0n) is 9.66. The average Bonchev–Trinajstić information content (AvgIpc) is 2.21. The van der Waals surface area contributed by atoms with E-state index in [0.717, 1.165) is 12.8 Å². The summed E-state index contributed by atoms with van der Waals surface area (Å²) in [7, 11) is 0. The number of ether oxygens (including phenoxy) is 1. The zero-order valence-corrected chi connectivity index (χ0v) is 9.66. The lowest BCUT2D eigenvalue weighted by Gasteiger charge is -2.35. The summed E-state index contributed by atoms with van der Waals surface area (Å²) in [4.78, 5) is 24.6. The molecule has 1 fully saturated rings. The average molecular weight is 213 g/mol. The van der Waals surface area contributed by atoms with Crippen molar-refractivity contribution in [3.8, 4) is 0 Å². The van der Waals surface area contributed by atoms with E-state index in [-0.39, 0.29) is 12.6 Å². The van der Waals surface area contributed by atoms with E-state index in [1.54, 1.807) is 11.8 Å². The molecule has 4 heteroatoms. The summed E-state index contributed by atoms with van der Waals surface area (Å²) in [6, 6.07) is 0.151. The van der Waals surface area contributed by atoms with Crippen LogP contribution in [-0.2, 0) is 14.3 Å². The summed E-state index contributed by atoms with van der Waals surface area (Å²) in [5.74, 6) is -0.742. The number of carbonyl (C=O) groups excluding carboxylic acids is 2. The summed E-state index contributed by atoms with van der Waals surface area (Å²) in [6.45, 7) is 6.69. The second kappa shape index (κ2) is 5.14. The van der Waals surface area contributed by atoms with E-state index in [1.165, 1.54) is 0 Å². The molecule has 2 atom stereocenters. The van der Waals surface area contributed by atoms with E-state index < -0.39 is 11.9 Å². The molecule has 86 valence electrons. The Morgan fingerprint density at radius 1 is 1.33 bits per heavy atom. The molecule has 0 aromatic heterocycles. The summed E-state index contributed by atoms with van der Waals surface area (Å²) < 4.78 is 4.71. The Kier molecular flexibility index (Phi) is 4.12. The van der Waals surface area contributed by atoms with E-state index in [0.29, 0.717) is 12.5 Å². The third kappa shape index (κ3) is 2.94. The van der Waals surface area contributed by atoms with Crippen LogP contribution in [0.15, 0.2) is 0 Å². The van der Waals surface area contributed by atoms with Crippen molar-refractivity contribution < 1.29 is 14.3 Å². The Morgan fingerprint density at radius 2 is 2.00 bits per heavy atom. The molecule has 0 spiro atoms. The molecule has 0 aromatic carbocycles. The molecule has 0 saturated carbocycles. The van der Waals surface area contributed by atoms with Crippen LogP contribution in [-0.4, -0.2) is 36.0 Å². The first-order valence-electron chi connectivity index (χ1n) is 5.54. The van der Waals surface area contributed by atoms with Gasteiger partial charge in [0.05, 0.1) is 6.61 Å². The van der Waals surface area contributed by atoms with Crippen LogP contribution in [0.2, 0.25) is 0 Å². The minimum atomic E-state index is -0.724. The highest BCUT2D eigenvalue weighted by molar-refractivity contribution is 6.32. The maximum Gasteiger partial charge on any atom is 0.397 e. The maximum absolute atomic E-state index is 11.7. The molecule has 0 aromatic rings. The number of hydrogen-bond acceptors (Lipinski definition) is 3. The standard InChI is InChI=1S/C11H19NO3/c1-4-15-11(14)10(13)12-7-8(2)5-6-9(12)3/h8-9H,4-7H2,1-3H3/t8-,9-/m0/s1. The lowest BCUT2D eigenvalue weighted by Crippen LogP contribution is -2.48. The number of nitrogens with zero attached hydrogens (tertiary/aromatic N) is 1. The second-order valence-corrected chi connectivity index (χ2v) is 4.21. The van der Waals surface area contributed by atoms with E-state index in [2.05, 4.69) is 6.92 Å². The van der Waals surface area contributed by atoms with Crippen LogP contribution in [0, 0.1) is 5.92 Å². The second-order valence-electron chi connectivity index (χ2n) is 4.21. The fourth-order valence-electron chi connectivity index (χ4n) is 1.88. The highest BCUT2D eigenvalue weighted by Crippen LogP contribution is 2.21. The molecule has 1 amide bonds. The van der Waals surface area contributed by atoms with Crippen molar-refractivity contribution in [1.29, 1.82) is 0 Å². The Morgan fingerprint density at radius 3 is 2.60 bits per heavy atom. The van der Waals surface area contributed by atoms with E-state index in [1.807, 2.05) is 6.92 Å². The largest absolute Gasteiger partial charge is 0.459 e. The summed E-state index contributed by atoms with van der Waals surface area (Å²) in [5.41, 5.74) is 0. The van der Waals surface area contributed by atoms with E-state index in [4.69, 9.17) is 4.74 Å². The van der Waals surface area contributed by atoms with Gasteiger partial charge in [0.2, 0.25) is 0 Å². The van der Waals surface area contributed by atoms with Gasteiger partial charge < -0.3 is 9.64 Å². The molecule has 0 unspecified atom stereocenters. The van der Waals surface area contributed by atoms with Gasteiger partial charge in [0, 0.05) is 12.6 Å². The van der Waals surface area contributed by atoms with Crippen LogP contribution in [0.1, 0.15) is 33.6 Å². The molecule has 0 radical (unpaired) electrons. The SMILES string of the molecule is CCOC(=O)C(=O)N1C[C@@H](C)CC[C@@H]1C. The van der Waals surface area contributed by atoms with Gasteiger partial charge in [0.15, 0.2) is 0 Å². The van der Waals surface area contributed by atoms with Gasteiger partial charge in [0.1, 0.15) is 0 Å². The van der Waals surface area contributed by atoms with Crippen LogP contribution >= 0.6 is 0 Å². The molecule has 15 heavy (non-hydrogen) atoms. The Bertz CT molecular complexity index is 252. The van der Waals surface area contributed by atoms with Crippen LogP contribution in [0.3, 0.4) is 0 Å². The summed E-state index contributed by atoms with van der Waals surface area (Å²) >= 11 is 0. The van der Waals surface area contributed by atoms with Crippen LogP contribution < -0.4 is 0 Å². The first-order valence-corrected chi connectivity index (χ1v) is 5.54. The van der Waals surface area contributed by atoms with Gasteiger partial charge in [-0.2, -0.15) is 0 Å². The smallest absolute Gasteiger partial charge is 0.397 e. The number of likely N-dealkylation sites (tertiary alicyclic amines) is 1. The number of hydrogen-bond donors (Lipinski definition) is 0. The molecule has 0 bridgehead atoms. The van der Waals surface area contributed by atoms with Crippen molar-refractivity contribution >= 4 is 11.9 Å². The first kappa shape index (κ1) is 12.0. The molecule has 1 rings (SSSR count). The quantitative estimate of drug-likeness (QED) is 0.485. The molecule has 1 aliphatic heterocycles. The number of esters is 1. The van der Waals surface area contributed by atoms with Crippen molar-refractivity contribution in [3.05, 3.63) is 0 Å². The number of rotatable bonds is 1. The third-order valence-electron chi connectivity index (χ3n) is 2.83. The monoisotopic (exact) mass is 213 g/mol. The normalized spacial score (nSPS) is 26.2. The summed E-state index contributed by atoms with van der Waals surface area (Å²) in [6.07, 6.45) is 2.08. The molecule has 1 saturated heterocycles. The van der Waals surface area contributed by atoms with Crippen molar-refractivity contribution in [2.45, 2.75) is 39.7 Å². The number of carbonyl (C=O) groups is 2. The van der Waals surface area contributed by atoms with Gasteiger partial charge in [-0.3, -0.25) is 4.79 Å². The Labute approximate surface area is 90.6 Å². The van der Waals surface area contributed by atoms with Gasteiger partial charge in [0.25, 0.3) is 0 Å². The van der Waals surface area contributed by atoms with Crippen LogP contribution in [0.25, 0.3) is 0 Å². The maximum atomic E-state index is 11.7. The fraction of sp³-hybridized carbons (Fsp3) is 0.818. The molecule has 0 N–H and O–H groups in total. The Balaban J connectivity index is 2.60. The van der Waals surface area contributed by atoms with Crippen molar-refractivity contribution in [3.63, 3.8) is 0 Å². The highest BCUT2D eigenvalue weighted by atomic mass is 16.5. The van der Waals surface area contributed by atoms with Crippen LogP contribution in [0.4, 0.5) is 0 Å². The summed E-state index contributed by atoms with van der Waals surface area (Å²) in [5, 5.41) is 0. The predicted molar refractivity (Wildman–Crippen MR) is 56.2 cm³/mol. The minimum absolute atomic E-state index is 0.151. The molecular formula is C11H19NO3. The molecule has 4 nitrogen and oxygen atoms in total. The van der Waals surface area contributed by atoms with Gasteiger partial charge >= 0.3 is 11.9 Å². The van der Waals surface area contributed by atoms with Gasteiger partial charge in [-0.15, -0.1) is 0 Å². The highest BCUT2D eigenvalue weighted by Gasteiger charge is 2.31. The van der Waals surface area contributed by atoms with Gasteiger partial charge in [-0.25, -0.2) is 4.79 Å². The fourth-order valence-corrected chi connectivity index (χ4v) is 1.88. The topological polar surface area (TPSA) is 46.6 Å². The lowest BCUT2D eigenvalue weighted by molar-refractivity contribution is -0.162. The van der Waals surface area contributed by atoms with Crippen LogP contribution in [0.5, 0.6) is 0 Å². The molecule has 1 aliphatic rings. The molecule has 1 heterocycles. The molecular weight excluding hydrogens is 194 g/mol. The lowest BCUT2D eigenvalue weighted by atomic mass is 9.95. The first-order chi connectivity index (χ1) is 7.06. The number of amides is 1. The minimum Gasteiger partial charge on any atom is -0.459 e. The predicted octanol–water partition coefficient (Wildman–Crippen LogP) is 1.20. The Hall–Kier alpha value is -1.06. The van der Waals surface area contributed by atoms with Gasteiger partial charge in [-0.1, -0.05) is 6.92 Å². The molecule has 0 aliphatic carbocycles. The van der Waals surface area contributed by atoms with Crippen molar-refractivity contribution in [2.24, 2.45) is 5.92 Å². The van der Waals surface area contributed by atoms with E-state index >= 15 is 0 Å². The number of piperidine rings is 1. The zero-order chi connectivity index (χ0) is 11.4.